The van der Waals surface area contributed by atoms with E-state index in [4.69, 9.17) is 5.73 Å². The van der Waals surface area contributed by atoms with E-state index in [-0.39, 0.29) is 17.1 Å². The number of likely N-dealkylation sites (tertiary alicyclic amines) is 1. The Kier molecular flexibility index (Phi) is 7.09. The van der Waals surface area contributed by atoms with Gasteiger partial charge in [0.2, 0.25) is 0 Å². The molecule has 2 aliphatic rings. The summed E-state index contributed by atoms with van der Waals surface area (Å²) in [5, 5.41) is 0. The van der Waals surface area contributed by atoms with Crippen molar-refractivity contribution < 1.29 is 9.18 Å². The van der Waals surface area contributed by atoms with Crippen molar-refractivity contribution in [3.05, 3.63) is 57.4 Å². The highest BCUT2D eigenvalue weighted by Crippen LogP contribution is 2.25. The number of primary amides is 1. The number of piperidine rings is 1. The number of rotatable bonds is 6. The van der Waals surface area contributed by atoms with Gasteiger partial charge in [0, 0.05) is 43.8 Å². The molecule has 1 aromatic heterocycles. The van der Waals surface area contributed by atoms with E-state index in [2.05, 4.69) is 26.7 Å². The number of nitrogens with one attached hydrogen (secondary N) is 1. The third-order valence-electron chi connectivity index (χ3n) is 6.95. The summed E-state index contributed by atoms with van der Waals surface area (Å²) in [5.41, 5.74) is 6.73. The number of anilines is 1. The highest BCUT2D eigenvalue weighted by atomic mass is 19.1. The van der Waals surface area contributed by atoms with Gasteiger partial charge in [-0.15, -0.1) is 0 Å². The number of nitrogens with two attached hydrogens (primary N) is 1. The van der Waals surface area contributed by atoms with Crippen molar-refractivity contribution in [3.63, 3.8) is 0 Å². The van der Waals surface area contributed by atoms with Crippen molar-refractivity contribution in [1.29, 1.82) is 0 Å². The zero-order chi connectivity index (χ0) is 23.5. The Bertz CT molecular complexity index is 1050. The van der Waals surface area contributed by atoms with Crippen molar-refractivity contribution in [2.45, 2.75) is 51.7 Å². The molecule has 0 aliphatic carbocycles. The van der Waals surface area contributed by atoms with Gasteiger partial charge in [0.05, 0.1) is 6.20 Å². The number of aryl methyl sites for hydroxylation is 1. The summed E-state index contributed by atoms with van der Waals surface area (Å²) in [6, 6.07) is 6.12. The molecule has 3 N–H and O–H groups in total. The van der Waals surface area contributed by atoms with E-state index in [1.165, 1.54) is 6.20 Å². The SMILES string of the molecule is CCC1CN(c2ncc(C(N)=O)[nH]c2=O)CCN1C1CCN(Cc2cc(C)ccc2F)CC1. The van der Waals surface area contributed by atoms with Gasteiger partial charge in [-0.25, -0.2) is 9.37 Å². The van der Waals surface area contributed by atoms with Gasteiger partial charge >= 0.3 is 0 Å². The molecule has 2 saturated heterocycles. The second-order valence-electron chi connectivity index (χ2n) is 9.16. The second kappa shape index (κ2) is 10.0. The van der Waals surface area contributed by atoms with Crippen LogP contribution in [-0.4, -0.2) is 70.5 Å². The summed E-state index contributed by atoms with van der Waals surface area (Å²) in [6.07, 6.45) is 4.41. The Balaban J connectivity index is 1.36. The van der Waals surface area contributed by atoms with E-state index in [0.29, 0.717) is 31.0 Å². The summed E-state index contributed by atoms with van der Waals surface area (Å²) in [4.78, 5) is 37.4. The molecule has 0 bridgehead atoms. The quantitative estimate of drug-likeness (QED) is 0.689. The lowest BCUT2D eigenvalue weighted by molar-refractivity contribution is 0.0607. The highest BCUT2D eigenvalue weighted by molar-refractivity contribution is 5.90. The first-order valence-electron chi connectivity index (χ1n) is 11.7. The van der Waals surface area contributed by atoms with Gasteiger partial charge in [-0.3, -0.25) is 19.4 Å². The van der Waals surface area contributed by atoms with Gasteiger partial charge in [0.1, 0.15) is 11.5 Å². The molecule has 9 heteroatoms. The van der Waals surface area contributed by atoms with E-state index < -0.39 is 5.91 Å². The molecule has 0 spiro atoms. The van der Waals surface area contributed by atoms with Gasteiger partial charge in [-0.05, 0) is 45.3 Å². The Morgan fingerprint density at radius 3 is 2.67 bits per heavy atom. The number of aromatic amines is 1. The number of halogens is 1. The molecule has 3 heterocycles. The van der Waals surface area contributed by atoms with Crippen LogP contribution in [0, 0.1) is 12.7 Å². The molecule has 1 aromatic carbocycles. The molecule has 2 aliphatic heterocycles. The number of benzene rings is 1. The van der Waals surface area contributed by atoms with Gasteiger partial charge in [0.15, 0.2) is 5.82 Å². The normalized spacial score (nSPS) is 20.8. The van der Waals surface area contributed by atoms with Crippen LogP contribution in [0.25, 0.3) is 0 Å². The lowest BCUT2D eigenvalue weighted by atomic mass is 9.97. The number of carbonyl (C=O) groups excluding carboxylic acids is 1. The molecule has 4 rings (SSSR count). The Morgan fingerprint density at radius 2 is 2.00 bits per heavy atom. The Morgan fingerprint density at radius 1 is 1.24 bits per heavy atom. The fourth-order valence-electron chi connectivity index (χ4n) is 5.13. The van der Waals surface area contributed by atoms with Gasteiger partial charge < -0.3 is 15.6 Å². The molecule has 0 radical (unpaired) electrons. The lowest BCUT2D eigenvalue weighted by Gasteiger charge is -2.47. The van der Waals surface area contributed by atoms with Crippen LogP contribution in [0.15, 0.2) is 29.2 Å². The largest absolute Gasteiger partial charge is 0.364 e. The fourth-order valence-corrected chi connectivity index (χ4v) is 5.13. The zero-order valence-corrected chi connectivity index (χ0v) is 19.4. The van der Waals surface area contributed by atoms with Crippen LogP contribution >= 0.6 is 0 Å². The molecular weight excluding hydrogens is 423 g/mol. The van der Waals surface area contributed by atoms with Crippen LogP contribution in [0.3, 0.4) is 0 Å². The molecule has 2 aromatic rings. The van der Waals surface area contributed by atoms with Crippen LogP contribution in [0.1, 0.15) is 47.8 Å². The average molecular weight is 457 g/mol. The standard InChI is InChI=1S/C24H33FN6O2/c1-3-18-15-30(23-24(33)28-21(13-27-23)22(26)32)10-11-31(18)19-6-8-29(9-7-19)14-17-12-16(2)4-5-20(17)25/h4-5,12-13,18-19H,3,6-11,14-15H2,1-2H3,(H2,26,32)(H,28,33). The summed E-state index contributed by atoms with van der Waals surface area (Å²) < 4.78 is 14.2. The van der Waals surface area contributed by atoms with Crippen LogP contribution in [0.4, 0.5) is 10.2 Å². The number of hydrogen-bond donors (Lipinski definition) is 2. The number of amides is 1. The summed E-state index contributed by atoms with van der Waals surface area (Å²) in [5.74, 6) is -0.482. The molecule has 33 heavy (non-hydrogen) atoms. The van der Waals surface area contributed by atoms with Crippen LogP contribution in [0.2, 0.25) is 0 Å². The minimum atomic E-state index is -0.695. The Labute approximate surface area is 193 Å². The van der Waals surface area contributed by atoms with Crippen LogP contribution in [0.5, 0.6) is 0 Å². The molecule has 178 valence electrons. The predicted molar refractivity (Wildman–Crippen MR) is 126 cm³/mol. The van der Waals surface area contributed by atoms with Crippen molar-refractivity contribution in [2.75, 3.05) is 37.6 Å². The molecule has 1 amide bonds. The van der Waals surface area contributed by atoms with Crippen molar-refractivity contribution in [3.8, 4) is 0 Å². The summed E-state index contributed by atoms with van der Waals surface area (Å²) in [6.45, 7) is 9.00. The molecule has 1 unspecified atom stereocenters. The number of hydrogen-bond acceptors (Lipinski definition) is 6. The van der Waals surface area contributed by atoms with Crippen LogP contribution < -0.4 is 16.2 Å². The molecule has 8 nitrogen and oxygen atoms in total. The van der Waals surface area contributed by atoms with Crippen LogP contribution in [-0.2, 0) is 6.54 Å². The smallest absolute Gasteiger partial charge is 0.291 e. The summed E-state index contributed by atoms with van der Waals surface area (Å²) >= 11 is 0. The van der Waals surface area contributed by atoms with Gasteiger partial charge in [-0.2, -0.15) is 0 Å². The van der Waals surface area contributed by atoms with E-state index in [9.17, 15) is 14.0 Å². The molecule has 1 atom stereocenters. The van der Waals surface area contributed by atoms with Gasteiger partial charge in [0.25, 0.3) is 11.5 Å². The topological polar surface area (TPSA) is 98.6 Å². The van der Waals surface area contributed by atoms with Crippen molar-refractivity contribution >= 4 is 11.7 Å². The minimum absolute atomic E-state index is 0.0201. The number of carbonyl (C=O) groups is 1. The maximum atomic E-state index is 14.2. The average Bonchev–Trinajstić information content (AvgIpc) is 2.81. The first-order chi connectivity index (χ1) is 15.9. The summed E-state index contributed by atoms with van der Waals surface area (Å²) in [7, 11) is 0. The fraction of sp³-hybridized carbons (Fsp3) is 0.542. The van der Waals surface area contributed by atoms with Crippen molar-refractivity contribution in [1.82, 2.24) is 19.8 Å². The molecule has 2 fully saturated rings. The number of H-pyrrole nitrogens is 1. The molecule has 0 saturated carbocycles. The lowest BCUT2D eigenvalue weighted by Crippen LogP contribution is -2.59. The second-order valence-corrected chi connectivity index (χ2v) is 9.16. The first kappa shape index (κ1) is 23.4. The van der Waals surface area contributed by atoms with E-state index in [0.717, 1.165) is 56.6 Å². The monoisotopic (exact) mass is 456 g/mol. The third kappa shape index (κ3) is 5.25. The maximum absolute atomic E-state index is 14.2. The number of piperazine rings is 1. The van der Waals surface area contributed by atoms with E-state index >= 15 is 0 Å². The predicted octanol–water partition coefficient (Wildman–Crippen LogP) is 1.88. The minimum Gasteiger partial charge on any atom is -0.364 e. The van der Waals surface area contributed by atoms with E-state index in [1.54, 1.807) is 6.07 Å². The maximum Gasteiger partial charge on any atom is 0.291 e. The Hall–Kier alpha value is -2.78. The highest BCUT2D eigenvalue weighted by Gasteiger charge is 2.34. The zero-order valence-electron chi connectivity index (χ0n) is 19.4. The number of aromatic nitrogens is 2. The van der Waals surface area contributed by atoms with Gasteiger partial charge in [-0.1, -0.05) is 24.6 Å². The van der Waals surface area contributed by atoms with Crippen molar-refractivity contribution in [2.24, 2.45) is 5.73 Å². The molecular formula is C24H33FN6O2. The first-order valence-corrected chi connectivity index (χ1v) is 11.7. The van der Waals surface area contributed by atoms with E-state index in [1.807, 2.05) is 24.0 Å². The third-order valence-corrected chi connectivity index (χ3v) is 6.95. The number of nitrogens with zero attached hydrogens (tertiary/aromatic N) is 4.